The molecule has 3 amide bonds. The van der Waals surface area contributed by atoms with Crippen LogP contribution in [0.15, 0.2) is 41.5 Å². The smallest absolute Gasteiger partial charge is 0.346 e. The number of urea groups is 1. The lowest BCUT2D eigenvalue weighted by atomic mass is 9.92. The minimum atomic E-state index is -1.35. The molecule has 30 heavy (non-hydrogen) atoms. The van der Waals surface area contributed by atoms with Crippen LogP contribution in [0, 0.1) is 10.1 Å². The number of nitro groups is 1. The van der Waals surface area contributed by atoms with Gasteiger partial charge in [0.2, 0.25) is 6.79 Å². The van der Waals surface area contributed by atoms with Crippen LogP contribution in [0.4, 0.5) is 10.5 Å². The third-order valence-electron chi connectivity index (χ3n) is 4.87. The second-order valence-corrected chi connectivity index (χ2v) is 6.67. The third-order valence-corrected chi connectivity index (χ3v) is 4.87. The predicted molar refractivity (Wildman–Crippen MR) is 103 cm³/mol. The molecule has 4 rings (SSSR count). The molecule has 2 aromatic carbocycles. The molecule has 0 aliphatic carbocycles. The predicted octanol–water partition coefficient (Wildman–Crippen LogP) is 2.13. The van der Waals surface area contributed by atoms with E-state index < -0.39 is 22.4 Å². The fraction of sp³-hybridized carbons (Fsp3) is 0.211. The molecule has 154 valence electrons. The average Bonchev–Trinajstić information content (AvgIpc) is 3.28. The number of carbonyl (C=O) groups is 2. The largest absolute Gasteiger partial charge is 0.497 e. The van der Waals surface area contributed by atoms with Crippen molar-refractivity contribution in [2.75, 3.05) is 13.9 Å². The summed E-state index contributed by atoms with van der Waals surface area (Å²) in [5.74, 6) is 0.518. The molecule has 11 nitrogen and oxygen atoms in total. The molecule has 1 unspecified atom stereocenters. The summed E-state index contributed by atoms with van der Waals surface area (Å²) in [5.41, 5.74) is -1.05. The zero-order chi connectivity index (χ0) is 21.5. The number of methoxy groups -OCH3 is 1. The highest BCUT2D eigenvalue weighted by Crippen LogP contribution is 2.37. The molecular weight excluding hydrogens is 396 g/mol. The Morgan fingerprint density at radius 1 is 1.23 bits per heavy atom. The van der Waals surface area contributed by atoms with Crippen LogP contribution in [0.5, 0.6) is 17.2 Å². The molecule has 0 spiro atoms. The van der Waals surface area contributed by atoms with Crippen molar-refractivity contribution < 1.29 is 28.7 Å². The van der Waals surface area contributed by atoms with E-state index in [0.29, 0.717) is 22.1 Å². The number of hydrazone groups is 1. The maximum Gasteiger partial charge on any atom is 0.346 e. The van der Waals surface area contributed by atoms with E-state index in [1.54, 1.807) is 31.2 Å². The van der Waals surface area contributed by atoms with Crippen molar-refractivity contribution in [2.45, 2.75) is 12.5 Å². The zero-order valence-electron chi connectivity index (χ0n) is 15.9. The Bertz CT molecular complexity index is 1080. The van der Waals surface area contributed by atoms with E-state index in [1.165, 1.54) is 19.2 Å². The van der Waals surface area contributed by atoms with Crippen LogP contribution in [-0.2, 0) is 10.3 Å². The first kappa shape index (κ1) is 19.2. The quantitative estimate of drug-likeness (QED) is 0.344. The summed E-state index contributed by atoms with van der Waals surface area (Å²) in [6.07, 6.45) is 1.07. The van der Waals surface area contributed by atoms with Gasteiger partial charge in [0.1, 0.15) is 11.3 Å². The molecule has 2 aliphatic rings. The van der Waals surface area contributed by atoms with E-state index in [0.717, 1.165) is 6.21 Å². The van der Waals surface area contributed by atoms with Crippen LogP contribution in [0.3, 0.4) is 0 Å². The van der Waals surface area contributed by atoms with Gasteiger partial charge in [-0.3, -0.25) is 14.9 Å². The Balaban J connectivity index is 1.64. The standard InChI is InChI=1S/C19H16N4O7/c1-19(12-3-5-13(28-2)6-4-12)17(24)22(18(25)21-19)20-9-11-7-15-16(30-10-29-15)8-14(11)23(26)27/h3-9H,10H2,1-2H3,(H,21,25). The van der Waals surface area contributed by atoms with E-state index >= 15 is 0 Å². The maximum absolute atomic E-state index is 12.9. The van der Waals surface area contributed by atoms with Crippen LogP contribution in [0.1, 0.15) is 18.1 Å². The van der Waals surface area contributed by atoms with Gasteiger partial charge in [-0.2, -0.15) is 5.10 Å². The molecule has 11 heteroatoms. The molecule has 0 saturated carbocycles. The number of benzene rings is 2. The molecule has 1 atom stereocenters. The van der Waals surface area contributed by atoms with Gasteiger partial charge in [-0.15, -0.1) is 5.01 Å². The molecule has 0 radical (unpaired) electrons. The van der Waals surface area contributed by atoms with Crippen LogP contribution in [-0.4, -0.2) is 42.0 Å². The second kappa shape index (κ2) is 7.03. The highest BCUT2D eigenvalue weighted by atomic mass is 16.7. The van der Waals surface area contributed by atoms with Crippen LogP contribution in [0.25, 0.3) is 0 Å². The fourth-order valence-corrected chi connectivity index (χ4v) is 3.18. The van der Waals surface area contributed by atoms with Crippen molar-refractivity contribution in [3.63, 3.8) is 0 Å². The molecule has 1 N–H and O–H groups in total. The van der Waals surface area contributed by atoms with E-state index in [4.69, 9.17) is 14.2 Å². The van der Waals surface area contributed by atoms with Gasteiger partial charge in [-0.1, -0.05) is 12.1 Å². The van der Waals surface area contributed by atoms with Crippen molar-refractivity contribution in [3.8, 4) is 17.2 Å². The fourth-order valence-electron chi connectivity index (χ4n) is 3.18. The zero-order valence-corrected chi connectivity index (χ0v) is 15.9. The number of fused-ring (bicyclic) bond motifs is 1. The van der Waals surface area contributed by atoms with Crippen LogP contribution < -0.4 is 19.5 Å². The topological polar surface area (TPSA) is 133 Å². The Morgan fingerprint density at radius 2 is 1.90 bits per heavy atom. The number of hydrogen-bond donors (Lipinski definition) is 1. The monoisotopic (exact) mass is 412 g/mol. The van der Waals surface area contributed by atoms with Crippen molar-refractivity contribution in [2.24, 2.45) is 5.10 Å². The number of carbonyl (C=O) groups excluding carboxylic acids is 2. The summed E-state index contributed by atoms with van der Waals surface area (Å²) in [7, 11) is 1.52. The summed E-state index contributed by atoms with van der Waals surface area (Å²) >= 11 is 0. The van der Waals surface area contributed by atoms with Gasteiger partial charge in [0, 0.05) is 0 Å². The summed E-state index contributed by atoms with van der Waals surface area (Å²) in [5, 5.41) is 18.5. The van der Waals surface area contributed by atoms with E-state index in [1.807, 2.05) is 0 Å². The number of nitrogens with zero attached hydrogens (tertiary/aromatic N) is 3. The van der Waals surface area contributed by atoms with Gasteiger partial charge >= 0.3 is 6.03 Å². The lowest BCUT2D eigenvalue weighted by molar-refractivity contribution is -0.385. The first-order valence-corrected chi connectivity index (χ1v) is 8.77. The maximum atomic E-state index is 12.9. The molecule has 0 aromatic heterocycles. The minimum absolute atomic E-state index is 0.0552. The second-order valence-electron chi connectivity index (χ2n) is 6.67. The van der Waals surface area contributed by atoms with Crippen molar-refractivity contribution >= 4 is 23.8 Å². The number of amides is 3. The SMILES string of the molecule is COc1ccc(C2(C)NC(=O)N(N=Cc3cc4c(cc3[N+](=O)[O-])OCO4)C2=O)cc1. The first-order valence-electron chi connectivity index (χ1n) is 8.77. The Kier molecular flexibility index (Phi) is 4.49. The van der Waals surface area contributed by atoms with Crippen molar-refractivity contribution in [1.29, 1.82) is 0 Å². The number of nitro benzene ring substituents is 1. The summed E-state index contributed by atoms with van der Waals surface area (Å²) in [6, 6.07) is 8.48. The van der Waals surface area contributed by atoms with Gasteiger partial charge in [0.15, 0.2) is 11.5 Å². The molecule has 2 aromatic rings. The van der Waals surface area contributed by atoms with Crippen LogP contribution in [0.2, 0.25) is 0 Å². The molecule has 2 aliphatic heterocycles. The number of hydrogen-bond acceptors (Lipinski definition) is 8. The van der Waals surface area contributed by atoms with E-state index in [-0.39, 0.29) is 23.8 Å². The average molecular weight is 412 g/mol. The lowest BCUT2D eigenvalue weighted by Gasteiger charge is -2.21. The number of imide groups is 1. The summed E-state index contributed by atoms with van der Waals surface area (Å²) in [6.45, 7) is 1.49. The van der Waals surface area contributed by atoms with Crippen molar-refractivity contribution in [3.05, 3.63) is 57.6 Å². The van der Waals surface area contributed by atoms with Gasteiger partial charge in [-0.05, 0) is 30.7 Å². The van der Waals surface area contributed by atoms with Gasteiger partial charge in [-0.25, -0.2) is 4.79 Å². The molecule has 1 fully saturated rings. The van der Waals surface area contributed by atoms with E-state index in [2.05, 4.69) is 10.4 Å². The number of nitrogens with one attached hydrogen (secondary N) is 1. The lowest BCUT2D eigenvalue weighted by Crippen LogP contribution is -2.40. The number of ether oxygens (including phenoxy) is 3. The highest BCUT2D eigenvalue weighted by Gasteiger charge is 2.49. The van der Waals surface area contributed by atoms with Gasteiger partial charge < -0.3 is 19.5 Å². The van der Waals surface area contributed by atoms with Gasteiger partial charge in [0.25, 0.3) is 11.6 Å². The molecule has 1 saturated heterocycles. The minimum Gasteiger partial charge on any atom is -0.497 e. The van der Waals surface area contributed by atoms with Crippen molar-refractivity contribution in [1.82, 2.24) is 10.3 Å². The molecule has 2 heterocycles. The Morgan fingerprint density at radius 3 is 2.53 bits per heavy atom. The Labute approximate surface area is 170 Å². The normalized spacial score (nSPS) is 20.0. The summed E-state index contributed by atoms with van der Waals surface area (Å²) in [4.78, 5) is 36.1. The molecular formula is C19H16N4O7. The third kappa shape index (κ3) is 3.05. The number of rotatable bonds is 5. The Hall–Kier alpha value is -4.15. The first-order chi connectivity index (χ1) is 14.3. The summed E-state index contributed by atoms with van der Waals surface area (Å²) < 4.78 is 15.5. The molecule has 0 bridgehead atoms. The van der Waals surface area contributed by atoms with Crippen LogP contribution >= 0.6 is 0 Å². The highest BCUT2D eigenvalue weighted by molar-refractivity contribution is 6.07. The van der Waals surface area contributed by atoms with E-state index in [9.17, 15) is 19.7 Å². The van der Waals surface area contributed by atoms with Gasteiger partial charge in [0.05, 0.1) is 29.9 Å².